The normalized spacial score (nSPS) is 17.9. The molecular weight excluding hydrogens is 498 g/mol. The molecule has 1 aliphatic rings. The molecule has 0 radical (unpaired) electrons. The maximum atomic E-state index is 6.30. The van der Waals surface area contributed by atoms with Crippen molar-refractivity contribution in [1.29, 1.82) is 0 Å². The summed E-state index contributed by atoms with van der Waals surface area (Å²) in [5.74, 6) is 1.66. The molecule has 1 heterocycles. The van der Waals surface area contributed by atoms with Gasteiger partial charge in [-0.1, -0.05) is 72.8 Å². The van der Waals surface area contributed by atoms with Gasteiger partial charge in [0.1, 0.15) is 5.82 Å². The van der Waals surface area contributed by atoms with Crippen LogP contribution in [0.2, 0.25) is 0 Å². The lowest BCUT2D eigenvalue weighted by atomic mass is 9.91. The zero-order valence-corrected chi connectivity index (χ0v) is 23.6. The van der Waals surface area contributed by atoms with Gasteiger partial charge in [-0.3, -0.25) is 0 Å². The van der Waals surface area contributed by atoms with E-state index in [-0.39, 0.29) is 6.10 Å². The summed E-state index contributed by atoms with van der Waals surface area (Å²) in [5, 5.41) is 8.45. The Kier molecular flexibility index (Phi) is 9.96. The second kappa shape index (κ2) is 14.2. The molecule has 1 fully saturated rings. The van der Waals surface area contributed by atoms with Gasteiger partial charge in [0.05, 0.1) is 31.4 Å². The van der Waals surface area contributed by atoms with Crippen LogP contribution in [0.25, 0.3) is 10.9 Å². The number of aromatic nitrogens is 2. The average Bonchev–Trinajstić information content (AvgIpc) is 2.99. The number of para-hydroxylation sites is 1. The molecular formula is C33H41N5O2. The Morgan fingerprint density at radius 1 is 0.775 bits per heavy atom. The number of anilines is 2. The predicted molar refractivity (Wildman–Crippen MR) is 163 cm³/mol. The van der Waals surface area contributed by atoms with Gasteiger partial charge in [-0.25, -0.2) is 4.98 Å². The molecule has 0 spiro atoms. The van der Waals surface area contributed by atoms with Crippen LogP contribution in [-0.2, 0) is 22.7 Å². The molecule has 7 nitrogen and oxygen atoms in total. The summed E-state index contributed by atoms with van der Waals surface area (Å²) in [7, 11) is 4.05. The molecule has 0 unspecified atom stereocenters. The zero-order chi connectivity index (χ0) is 27.6. The molecule has 0 aliphatic heterocycles. The molecule has 3 aromatic carbocycles. The van der Waals surface area contributed by atoms with Crippen LogP contribution in [0, 0.1) is 0 Å². The molecule has 7 heteroatoms. The van der Waals surface area contributed by atoms with Crippen LogP contribution in [0.5, 0.6) is 0 Å². The fourth-order valence-electron chi connectivity index (χ4n) is 5.22. The molecule has 0 amide bonds. The Morgan fingerprint density at radius 3 is 2.10 bits per heavy atom. The number of benzene rings is 3. The first-order valence-electron chi connectivity index (χ1n) is 14.4. The molecule has 210 valence electrons. The highest BCUT2D eigenvalue weighted by atomic mass is 16.5. The fraction of sp³-hybridized carbons (Fsp3) is 0.394. The summed E-state index contributed by atoms with van der Waals surface area (Å²) in [5.41, 5.74) is 3.32. The molecule has 0 bridgehead atoms. The highest BCUT2D eigenvalue weighted by molar-refractivity contribution is 5.90. The third-order valence-corrected chi connectivity index (χ3v) is 7.45. The van der Waals surface area contributed by atoms with E-state index in [9.17, 15) is 0 Å². The summed E-state index contributed by atoms with van der Waals surface area (Å²) in [6, 6.07) is 29.7. The molecule has 1 aromatic heterocycles. The number of hydrogen-bond donors (Lipinski definition) is 2. The number of nitrogens with zero attached hydrogens (tertiary/aromatic N) is 3. The molecule has 1 aliphatic carbocycles. The van der Waals surface area contributed by atoms with E-state index >= 15 is 0 Å². The fourth-order valence-corrected chi connectivity index (χ4v) is 5.22. The maximum absolute atomic E-state index is 6.30. The topological polar surface area (TPSA) is 71.5 Å². The highest BCUT2D eigenvalue weighted by Crippen LogP contribution is 2.26. The molecule has 40 heavy (non-hydrogen) atoms. The van der Waals surface area contributed by atoms with Crippen molar-refractivity contribution in [1.82, 2.24) is 15.3 Å². The second-order valence-corrected chi connectivity index (χ2v) is 10.8. The Hall–Kier alpha value is -3.52. The molecule has 5 rings (SSSR count). The Bertz CT molecular complexity index is 1310. The van der Waals surface area contributed by atoms with Crippen LogP contribution in [0.3, 0.4) is 0 Å². The first-order valence-corrected chi connectivity index (χ1v) is 14.4. The quantitative estimate of drug-likeness (QED) is 0.222. The molecule has 4 aromatic rings. The van der Waals surface area contributed by atoms with Gasteiger partial charge in [0, 0.05) is 38.1 Å². The van der Waals surface area contributed by atoms with Crippen molar-refractivity contribution in [2.75, 3.05) is 37.5 Å². The van der Waals surface area contributed by atoms with Crippen molar-refractivity contribution in [3.05, 3.63) is 96.1 Å². The van der Waals surface area contributed by atoms with Gasteiger partial charge in [0.15, 0.2) is 0 Å². The smallest absolute Gasteiger partial charge is 0.225 e. The van der Waals surface area contributed by atoms with Crippen LogP contribution in [0.15, 0.2) is 84.9 Å². The van der Waals surface area contributed by atoms with Gasteiger partial charge in [0.25, 0.3) is 0 Å². The van der Waals surface area contributed by atoms with Gasteiger partial charge >= 0.3 is 0 Å². The van der Waals surface area contributed by atoms with E-state index in [4.69, 9.17) is 19.4 Å². The summed E-state index contributed by atoms with van der Waals surface area (Å²) in [6.45, 7) is 2.50. The van der Waals surface area contributed by atoms with Crippen molar-refractivity contribution < 1.29 is 9.47 Å². The minimum Gasteiger partial charge on any atom is -0.374 e. The van der Waals surface area contributed by atoms with Gasteiger partial charge < -0.3 is 25.0 Å². The first-order chi connectivity index (χ1) is 19.6. The van der Waals surface area contributed by atoms with Gasteiger partial charge in [-0.05, 0) is 48.9 Å². The first kappa shape index (κ1) is 28.0. The van der Waals surface area contributed by atoms with E-state index in [1.165, 1.54) is 11.1 Å². The largest absolute Gasteiger partial charge is 0.374 e. The summed E-state index contributed by atoms with van der Waals surface area (Å²) in [4.78, 5) is 11.7. The minimum atomic E-state index is -0.0183. The Morgan fingerprint density at radius 2 is 1.40 bits per heavy atom. The third kappa shape index (κ3) is 8.01. The second-order valence-electron chi connectivity index (χ2n) is 10.8. The standard InChI is InChI=1S/C33H41N5O2/c1-38(2)32-30-15-9-10-16-31(30)36-33(37-32)35-28-19-17-27(18-20-28)34-21-29(40-23-26-13-7-4-8-14-26)24-39-22-25-11-5-3-6-12-25/h3-16,27-29,34H,17-24H2,1-2H3,(H,35,36,37)/t27-,28+,29-/m0/s1. The van der Waals surface area contributed by atoms with Gasteiger partial charge in [-0.15, -0.1) is 0 Å². The van der Waals surface area contributed by atoms with E-state index in [1.54, 1.807) is 0 Å². The Balaban J connectivity index is 1.11. The lowest BCUT2D eigenvalue weighted by Gasteiger charge is -2.31. The average molecular weight is 540 g/mol. The van der Waals surface area contributed by atoms with Gasteiger partial charge in [0.2, 0.25) is 5.95 Å². The van der Waals surface area contributed by atoms with Crippen LogP contribution < -0.4 is 15.5 Å². The van der Waals surface area contributed by atoms with E-state index < -0.39 is 0 Å². The number of rotatable bonds is 13. The summed E-state index contributed by atoms with van der Waals surface area (Å²) in [6.07, 6.45) is 4.33. The zero-order valence-electron chi connectivity index (χ0n) is 23.6. The molecule has 1 saturated carbocycles. The Labute approximate surface area is 237 Å². The lowest BCUT2D eigenvalue weighted by molar-refractivity contribution is -0.0299. The van der Waals surface area contributed by atoms with E-state index in [2.05, 4.69) is 64.1 Å². The van der Waals surface area contributed by atoms with Crippen molar-refractivity contribution in [2.24, 2.45) is 0 Å². The van der Waals surface area contributed by atoms with Crippen LogP contribution in [-0.4, -0.2) is 55.4 Å². The number of fused-ring (bicyclic) bond motifs is 1. The summed E-state index contributed by atoms with van der Waals surface area (Å²) >= 11 is 0. The highest BCUT2D eigenvalue weighted by Gasteiger charge is 2.23. The summed E-state index contributed by atoms with van der Waals surface area (Å²) < 4.78 is 12.4. The molecule has 2 N–H and O–H groups in total. The monoisotopic (exact) mass is 539 g/mol. The van der Waals surface area contributed by atoms with Crippen LogP contribution in [0.1, 0.15) is 36.8 Å². The van der Waals surface area contributed by atoms with Gasteiger partial charge in [-0.2, -0.15) is 4.98 Å². The van der Waals surface area contributed by atoms with Crippen LogP contribution in [0.4, 0.5) is 11.8 Å². The maximum Gasteiger partial charge on any atom is 0.225 e. The predicted octanol–water partition coefficient (Wildman–Crippen LogP) is 5.81. The van der Waals surface area contributed by atoms with E-state index in [1.807, 2.05) is 50.5 Å². The minimum absolute atomic E-state index is 0.0183. The van der Waals surface area contributed by atoms with Crippen molar-refractivity contribution >= 4 is 22.7 Å². The number of nitrogens with one attached hydrogen (secondary N) is 2. The SMILES string of the molecule is CN(C)c1nc(N[C@H]2CC[C@@H](NC[C@@H](COCc3ccccc3)OCc3ccccc3)CC2)nc2ccccc12. The van der Waals surface area contributed by atoms with Crippen LogP contribution >= 0.6 is 0 Å². The van der Waals surface area contributed by atoms with E-state index in [0.29, 0.717) is 37.9 Å². The lowest BCUT2D eigenvalue weighted by Crippen LogP contribution is -2.42. The molecule has 0 saturated heterocycles. The number of hydrogen-bond acceptors (Lipinski definition) is 7. The van der Waals surface area contributed by atoms with Crippen molar-refractivity contribution in [3.63, 3.8) is 0 Å². The van der Waals surface area contributed by atoms with Crippen molar-refractivity contribution in [2.45, 2.75) is 57.1 Å². The van der Waals surface area contributed by atoms with E-state index in [0.717, 1.165) is 48.9 Å². The molecule has 1 atom stereocenters. The third-order valence-electron chi connectivity index (χ3n) is 7.45. The van der Waals surface area contributed by atoms with Crippen molar-refractivity contribution in [3.8, 4) is 0 Å². The number of ether oxygens (including phenoxy) is 2.